The minimum Gasteiger partial charge on any atom is -0.325 e. The second kappa shape index (κ2) is 8.13. The quantitative estimate of drug-likeness (QED) is 0.442. The molecule has 1 atom stereocenters. The van der Waals surface area contributed by atoms with Crippen molar-refractivity contribution in [1.29, 1.82) is 0 Å². The normalized spacial score (nSPS) is 16.1. The van der Waals surface area contributed by atoms with E-state index in [-0.39, 0.29) is 18.2 Å². The zero-order valence-corrected chi connectivity index (χ0v) is 18.0. The van der Waals surface area contributed by atoms with E-state index in [2.05, 4.69) is 5.32 Å². The van der Waals surface area contributed by atoms with Gasteiger partial charge in [-0.05, 0) is 36.4 Å². The Labute approximate surface area is 188 Å². The Morgan fingerprint density at radius 1 is 1.03 bits per heavy atom. The number of carbonyl (C=O) groups is 2. The largest absolute Gasteiger partial charge is 0.325 e. The molecule has 1 aliphatic heterocycles. The van der Waals surface area contributed by atoms with E-state index in [4.69, 9.17) is 16.6 Å². The second-order valence-electron chi connectivity index (χ2n) is 7.38. The van der Waals surface area contributed by atoms with E-state index in [1.807, 2.05) is 60.7 Å². The monoisotopic (exact) mass is 447 g/mol. The molecule has 0 spiro atoms. The second-order valence-corrected chi connectivity index (χ2v) is 8.82. The molecule has 154 valence electrons. The van der Waals surface area contributed by atoms with Crippen molar-refractivity contribution in [3.63, 3.8) is 0 Å². The topological polar surface area (TPSA) is 62.3 Å². The number of carbonyl (C=O) groups excluding carboxylic acids is 2. The Hall–Kier alpha value is -3.22. The number of aromatic nitrogens is 1. The highest BCUT2D eigenvalue weighted by molar-refractivity contribution is 7.21. The molecule has 3 aromatic carbocycles. The lowest BCUT2D eigenvalue weighted by Crippen LogP contribution is -2.28. The van der Waals surface area contributed by atoms with Gasteiger partial charge in [-0.3, -0.25) is 9.59 Å². The van der Waals surface area contributed by atoms with Gasteiger partial charge in [-0.2, -0.15) is 0 Å². The summed E-state index contributed by atoms with van der Waals surface area (Å²) in [4.78, 5) is 31.9. The molecule has 1 aliphatic rings. The first-order valence-electron chi connectivity index (χ1n) is 9.91. The fourth-order valence-corrected chi connectivity index (χ4v) is 5.03. The minimum absolute atomic E-state index is 0.104. The van der Waals surface area contributed by atoms with Gasteiger partial charge >= 0.3 is 0 Å². The molecule has 5 nitrogen and oxygen atoms in total. The van der Waals surface area contributed by atoms with E-state index in [1.165, 1.54) is 0 Å². The number of benzene rings is 3. The predicted molar refractivity (Wildman–Crippen MR) is 126 cm³/mol. The van der Waals surface area contributed by atoms with Crippen LogP contribution in [0.3, 0.4) is 0 Å². The van der Waals surface area contributed by atoms with Crippen LogP contribution in [0.2, 0.25) is 5.02 Å². The van der Waals surface area contributed by atoms with Crippen LogP contribution in [0, 0.1) is 5.92 Å². The average Bonchev–Trinajstić information content (AvgIpc) is 3.38. The molecule has 1 N–H and O–H groups in total. The van der Waals surface area contributed by atoms with E-state index in [0.717, 1.165) is 20.8 Å². The Morgan fingerprint density at radius 2 is 1.77 bits per heavy atom. The third kappa shape index (κ3) is 3.80. The van der Waals surface area contributed by atoms with Crippen molar-refractivity contribution in [3.05, 3.63) is 77.8 Å². The fraction of sp³-hybridized carbons (Fsp3) is 0.125. The number of amides is 2. The summed E-state index contributed by atoms with van der Waals surface area (Å²) in [5.41, 5.74) is 3.12. The van der Waals surface area contributed by atoms with Crippen LogP contribution in [0.15, 0.2) is 72.8 Å². The molecule has 4 aromatic rings. The third-order valence-corrected chi connectivity index (χ3v) is 6.74. The van der Waals surface area contributed by atoms with Crippen LogP contribution in [0.1, 0.15) is 6.42 Å². The SMILES string of the molecule is O=C(Nc1ccccc1-c1nc2ccccc2s1)C1CC(=O)N(c2ccccc2Cl)C1. The molecule has 7 heteroatoms. The number of hydrogen-bond acceptors (Lipinski definition) is 4. The van der Waals surface area contributed by atoms with Gasteiger partial charge in [0.05, 0.1) is 32.5 Å². The van der Waals surface area contributed by atoms with Crippen LogP contribution in [0.5, 0.6) is 0 Å². The molecule has 1 fully saturated rings. The summed E-state index contributed by atoms with van der Waals surface area (Å²) < 4.78 is 1.09. The van der Waals surface area contributed by atoms with Crippen LogP contribution >= 0.6 is 22.9 Å². The highest BCUT2D eigenvalue weighted by Crippen LogP contribution is 2.35. The number of nitrogens with one attached hydrogen (secondary N) is 1. The van der Waals surface area contributed by atoms with Crippen molar-refractivity contribution in [2.75, 3.05) is 16.8 Å². The molecule has 0 saturated carbocycles. The number of anilines is 2. The maximum Gasteiger partial charge on any atom is 0.229 e. The zero-order chi connectivity index (χ0) is 21.4. The van der Waals surface area contributed by atoms with E-state index < -0.39 is 5.92 Å². The molecule has 0 radical (unpaired) electrons. The van der Waals surface area contributed by atoms with Crippen molar-refractivity contribution in [2.24, 2.45) is 5.92 Å². The van der Waals surface area contributed by atoms with Crippen molar-refractivity contribution >= 4 is 56.3 Å². The lowest BCUT2D eigenvalue weighted by molar-refractivity contribution is -0.122. The Kier molecular flexibility index (Phi) is 5.18. The summed E-state index contributed by atoms with van der Waals surface area (Å²) in [5.74, 6) is -0.739. The van der Waals surface area contributed by atoms with Gasteiger partial charge in [0.15, 0.2) is 0 Å². The first kappa shape index (κ1) is 19.7. The molecule has 1 unspecified atom stereocenters. The fourth-order valence-electron chi connectivity index (χ4n) is 3.79. The van der Waals surface area contributed by atoms with Crippen molar-refractivity contribution in [1.82, 2.24) is 4.98 Å². The van der Waals surface area contributed by atoms with Gasteiger partial charge in [-0.15, -0.1) is 11.3 Å². The van der Waals surface area contributed by atoms with Gasteiger partial charge in [0, 0.05) is 18.5 Å². The summed E-state index contributed by atoms with van der Waals surface area (Å²) in [7, 11) is 0. The maximum atomic E-state index is 13.0. The highest BCUT2D eigenvalue weighted by atomic mass is 35.5. The Bertz CT molecular complexity index is 1270. The predicted octanol–water partition coefficient (Wildman–Crippen LogP) is 5.61. The summed E-state index contributed by atoms with van der Waals surface area (Å²) in [6, 6.07) is 22.7. The Morgan fingerprint density at radius 3 is 2.61 bits per heavy atom. The van der Waals surface area contributed by atoms with Crippen molar-refractivity contribution in [2.45, 2.75) is 6.42 Å². The number of rotatable bonds is 4. The van der Waals surface area contributed by atoms with Crippen LogP contribution in [0.4, 0.5) is 11.4 Å². The molecule has 2 heterocycles. The number of hydrogen-bond donors (Lipinski definition) is 1. The summed E-state index contributed by atoms with van der Waals surface area (Å²) >= 11 is 7.83. The van der Waals surface area contributed by atoms with Crippen LogP contribution in [-0.4, -0.2) is 23.3 Å². The van der Waals surface area contributed by atoms with Gasteiger partial charge in [-0.1, -0.05) is 48.0 Å². The molecule has 1 saturated heterocycles. The molecular formula is C24H18ClN3O2S. The molecule has 1 aromatic heterocycles. The first-order chi connectivity index (χ1) is 15.1. The van der Waals surface area contributed by atoms with Gasteiger partial charge in [-0.25, -0.2) is 4.98 Å². The summed E-state index contributed by atoms with van der Waals surface area (Å²) in [6.07, 6.45) is 0.153. The third-order valence-electron chi connectivity index (χ3n) is 5.35. The molecule has 0 aliphatic carbocycles. The average molecular weight is 448 g/mol. The van der Waals surface area contributed by atoms with Gasteiger partial charge < -0.3 is 10.2 Å². The van der Waals surface area contributed by atoms with Crippen molar-refractivity contribution in [3.8, 4) is 10.6 Å². The first-order valence-corrected chi connectivity index (χ1v) is 11.1. The van der Waals surface area contributed by atoms with Gasteiger partial charge in [0.25, 0.3) is 0 Å². The van der Waals surface area contributed by atoms with Gasteiger partial charge in [0.2, 0.25) is 11.8 Å². The highest BCUT2D eigenvalue weighted by Gasteiger charge is 2.36. The van der Waals surface area contributed by atoms with Crippen LogP contribution < -0.4 is 10.2 Å². The van der Waals surface area contributed by atoms with Crippen LogP contribution in [-0.2, 0) is 9.59 Å². The number of fused-ring (bicyclic) bond motifs is 1. The van der Waals surface area contributed by atoms with Crippen LogP contribution in [0.25, 0.3) is 20.8 Å². The van der Waals surface area contributed by atoms with E-state index in [9.17, 15) is 9.59 Å². The lowest BCUT2D eigenvalue weighted by atomic mass is 10.1. The van der Waals surface area contributed by atoms with E-state index >= 15 is 0 Å². The van der Waals surface area contributed by atoms with E-state index in [0.29, 0.717) is 22.9 Å². The zero-order valence-electron chi connectivity index (χ0n) is 16.4. The van der Waals surface area contributed by atoms with Gasteiger partial charge in [0.1, 0.15) is 5.01 Å². The maximum absolute atomic E-state index is 13.0. The molecular weight excluding hydrogens is 430 g/mol. The molecule has 0 bridgehead atoms. The number of para-hydroxylation sites is 3. The lowest BCUT2D eigenvalue weighted by Gasteiger charge is -2.18. The van der Waals surface area contributed by atoms with E-state index in [1.54, 1.807) is 28.4 Å². The number of nitrogens with zero attached hydrogens (tertiary/aromatic N) is 2. The minimum atomic E-state index is -0.452. The standard InChI is InChI=1S/C24H18ClN3O2S/c25-17-8-2-5-11-20(17)28-14-15(13-22(28)29)23(30)26-18-9-3-1-7-16(18)24-27-19-10-4-6-12-21(19)31-24/h1-12,15H,13-14H2,(H,26,30). The smallest absolute Gasteiger partial charge is 0.229 e. The molecule has 5 rings (SSSR count). The molecule has 31 heavy (non-hydrogen) atoms. The molecule has 2 amide bonds. The number of thiazole rings is 1. The summed E-state index contributed by atoms with van der Waals surface area (Å²) in [6.45, 7) is 0.303. The number of halogens is 1. The Balaban J connectivity index is 1.38. The summed E-state index contributed by atoms with van der Waals surface area (Å²) in [5, 5.41) is 4.36. The van der Waals surface area contributed by atoms with Crippen molar-refractivity contribution < 1.29 is 9.59 Å².